The molecule has 136 valence electrons. The van der Waals surface area contributed by atoms with Crippen LogP contribution in [-0.4, -0.2) is 15.8 Å². The molecule has 0 unspecified atom stereocenters. The van der Waals surface area contributed by atoms with Crippen molar-refractivity contribution in [2.75, 3.05) is 6.26 Å². The van der Waals surface area contributed by atoms with Crippen LogP contribution in [-0.2, 0) is 12.8 Å². The van der Waals surface area contributed by atoms with E-state index in [4.69, 9.17) is 4.98 Å². The minimum absolute atomic E-state index is 0.0808. The Labute approximate surface area is 162 Å². The fraction of sp³-hybridized carbons (Fsp3) is 0.429. The van der Waals surface area contributed by atoms with Crippen LogP contribution < -0.4 is 5.56 Å². The quantitative estimate of drug-likeness (QED) is 0.443. The van der Waals surface area contributed by atoms with E-state index in [-0.39, 0.29) is 5.56 Å². The third-order valence-electron chi connectivity index (χ3n) is 5.47. The van der Waals surface area contributed by atoms with E-state index in [1.54, 1.807) is 15.9 Å². The van der Waals surface area contributed by atoms with Crippen LogP contribution in [0.4, 0.5) is 0 Å². The molecule has 1 atom stereocenters. The number of hydrogen-bond donors (Lipinski definition) is 0. The molecule has 2 heterocycles. The highest BCUT2D eigenvalue weighted by Gasteiger charge is 2.32. The number of hydrogen-bond acceptors (Lipinski definition) is 4. The van der Waals surface area contributed by atoms with Gasteiger partial charge in [-0.15, -0.1) is 11.3 Å². The van der Waals surface area contributed by atoms with E-state index in [9.17, 15) is 4.79 Å². The summed E-state index contributed by atoms with van der Waals surface area (Å²) >= 11 is 3.26. The molecule has 1 aromatic carbocycles. The highest BCUT2D eigenvalue weighted by Crippen LogP contribution is 2.42. The van der Waals surface area contributed by atoms with Crippen LogP contribution >= 0.6 is 23.1 Å². The Bertz CT molecular complexity index is 1010. The van der Waals surface area contributed by atoms with E-state index >= 15 is 0 Å². The van der Waals surface area contributed by atoms with E-state index in [0.717, 1.165) is 40.3 Å². The van der Waals surface area contributed by atoms with Gasteiger partial charge < -0.3 is 0 Å². The normalized spacial score (nSPS) is 17.5. The zero-order valence-corrected chi connectivity index (χ0v) is 17.3. The second kappa shape index (κ2) is 6.54. The number of nitrogens with zero attached hydrogens (tertiary/aromatic N) is 2. The summed E-state index contributed by atoms with van der Waals surface area (Å²) in [7, 11) is 0. The third kappa shape index (κ3) is 2.91. The van der Waals surface area contributed by atoms with E-state index in [1.165, 1.54) is 22.2 Å². The van der Waals surface area contributed by atoms with Crippen molar-refractivity contribution in [2.45, 2.75) is 45.2 Å². The molecule has 1 aliphatic rings. The van der Waals surface area contributed by atoms with Crippen molar-refractivity contribution >= 4 is 33.3 Å². The molecule has 4 rings (SSSR count). The summed E-state index contributed by atoms with van der Waals surface area (Å²) in [5.41, 5.74) is 2.52. The zero-order chi connectivity index (χ0) is 18.5. The second-order valence-corrected chi connectivity index (χ2v) is 9.92. The largest absolute Gasteiger partial charge is 0.268 e. The van der Waals surface area contributed by atoms with Crippen molar-refractivity contribution < 1.29 is 0 Å². The van der Waals surface area contributed by atoms with Crippen LogP contribution in [0.1, 0.15) is 37.6 Å². The van der Waals surface area contributed by atoms with Gasteiger partial charge in [0, 0.05) is 4.88 Å². The topological polar surface area (TPSA) is 34.9 Å². The van der Waals surface area contributed by atoms with Crippen LogP contribution in [0.15, 0.2) is 40.3 Å². The molecule has 0 fully saturated rings. The maximum Gasteiger partial charge on any atom is 0.267 e. The molecule has 1 aliphatic carbocycles. The van der Waals surface area contributed by atoms with Crippen LogP contribution in [0.2, 0.25) is 0 Å². The lowest BCUT2D eigenvalue weighted by Crippen LogP contribution is -2.27. The van der Waals surface area contributed by atoms with Gasteiger partial charge in [-0.2, -0.15) is 0 Å². The monoisotopic (exact) mass is 384 g/mol. The Hall–Kier alpha value is -1.59. The van der Waals surface area contributed by atoms with Gasteiger partial charge in [0.15, 0.2) is 5.16 Å². The first-order valence-corrected chi connectivity index (χ1v) is 11.1. The van der Waals surface area contributed by atoms with Crippen LogP contribution in [0.25, 0.3) is 15.9 Å². The molecule has 0 saturated heterocycles. The molecule has 0 aliphatic heterocycles. The minimum Gasteiger partial charge on any atom is -0.268 e. The number of benzene rings is 1. The number of thioether (sulfide) groups is 1. The van der Waals surface area contributed by atoms with Gasteiger partial charge in [0.2, 0.25) is 0 Å². The van der Waals surface area contributed by atoms with Gasteiger partial charge in [0.05, 0.1) is 11.1 Å². The summed E-state index contributed by atoms with van der Waals surface area (Å²) < 4.78 is 1.77. The van der Waals surface area contributed by atoms with Crippen molar-refractivity contribution in [3.8, 4) is 5.69 Å². The lowest BCUT2D eigenvalue weighted by Gasteiger charge is -2.33. The standard InChI is InChI=1S/C21H24N2OS2/c1-21(2,3)13-10-11-15-16(12-13)26-18-17(15)19(24)23(20(22-18)25-4)14-8-6-5-7-9-14/h5-9,13H,10-12H2,1-4H3/t13-/m0/s1. The Morgan fingerprint density at radius 2 is 1.96 bits per heavy atom. The number of aromatic nitrogens is 2. The zero-order valence-electron chi connectivity index (χ0n) is 15.7. The number of fused-ring (bicyclic) bond motifs is 3. The van der Waals surface area contributed by atoms with Crippen LogP contribution in [0, 0.1) is 11.3 Å². The summed E-state index contributed by atoms with van der Waals surface area (Å²) in [6.07, 6.45) is 5.19. The maximum atomic E-state index is 13.4. The summed E-state index contributed by atoms with van der Waals surface area (Å²) in [6.45, 7) is 6.97. The number of aryl methyl sites for hydroxylation is 1. The fourth-order valence-electron chi connectivity index (χ4n) is 3.89. The molecule has 0 amide bonds. The number of rotatable bonds is 2. The number of para-hydroxylation sites is 1. The van der Waals surface area contributed by atoms with Crippen molar-refractivity contribution in [3.05, 3.63) is 51.1 Å². The van der Waals surface area contributed by atoms with Gasteiger partial charge in [-0.05, 0) is 54.5 Å². The molecule has 3 nitrogen and oxygen atoms in total. The predicted octanol–water partition coefficient (Wildman–Crippen LogP) is 5.32. The molecule has 0 spiro atoms. The summed E-state index contributed by atoms with van der Waals surface area (Å²) in [4.78, 5) is 20.6. The van der Waals surface area contributed by atoms with Gasteiger partial charge in [-0.25, -0.2) is 4.98 Å². The van der Waals surface area contributed by atoms with E-state index < -0.39 is 0 Å². The van der Waals surface area contributed by atoms with E-state index in [2.05, 4.69) is 20.8 Å². The Morgan fingerprint density at radius 3 is 2.62 bits per heavy atom. The average Bonchev–Trinajstić information content (AvgIpc) is 2.99. The van der Waals surface area contributed by atoms with Crippen molar-refractivity contribution in [3.63, 3.8) is 0 Å². The lowest BCUT2D eigenvalue weighted by atomic mass is 9.72. The van der Waals surface area contributed by atoms with Crippen molar-refractivity contribution in [1.82, 2.24) is 9.55 Å². The smallest absolute Gasteiger partial charge is 0.267 e. The highest BCUT2D eigenvalue weighted by molar-refractivity contribution is 7.98. The second-order valence-electron chi connectivity index (χ2n) is 8.06. The first kappa shape index (κ1) is 17.8. The maximum absolute atomic E-state index is 13.4. The SMILES string of the molecule is CSc1nc2sc3c(c2c(=O)n1-c1ccccc1)CC[C@H](C(C)(C)C)C3. The van der Waals surface area contributed by atoms with Gasteiger partial charge in [-0.3, -0.25) is 9.36 Å². The van der Waals surface area contributed by atoms with Gasteiger partial charge in [0.25, 0.3) is 5.56 Å². The molecular weight excluding hydrogens is 360 g/mol. The van der Waals surface area contributed by atoms with E-state index in [1.807, 2.05) is 36.6 Å². The highest BCUT2D eigenvalue weighted by atomic mass is 32.2. The Balaban J connectivity index is 1.93. The van der Waals surface area contributed by atoms with E-state index in [0.29, 0.717) is 11.3 Å². The first-order chi connectivity index (χ1) is 12.4. The fourth-order valence-corrected chi connectivity index (χ4v) is 5.79. The van der Waals surface area contributed by atoms with Crippen molar-refractivity contribution in [1.29, 1.82) is 0 Å². The van der Waals surface area contributed by atoms with Crippen LogP contribution in [0.5, 0.6) is 0 Å². The molecule has 3 aromatic rings. The predicted molar refractivity (Wildman–Crippen MR) is 112 cm³/mol. The Morgan fingerprint density at radius 1 is 1.23 bits per heavy atom. The minimum atomic E-state index is 0.0808. The summed E-state index contributed by atoms with van der Waals surface area (Å²) in [5.74, 6) is 0.666. The molecule has 0 saturated carbocycles. The molecule has 0 radical (unpaired) electrons. The summed E-state index contributed by atoms with van der Waals surface area (Å²) in [6, 6.07) is 9.85. The Kier molecular flexibility index (Phi) is 4.48. The number of thiophene rings is 1. The molecular formula is C21H24N2OS2. The molecule has 26 heavy (non-hydrogen) atoms. The van der Waals surface area contributed by atoms with Crippen LogP contribution in [0.3, 0.4) is 0 Å². The van der Waals surface area contributed by atoms with Gasteiger partial charge in [0.1, 0.15) is 4.83 Å². The molecule has 2 aromatic heterocycles. The average molecular weight is 385 g/mol. The summed E-state index contributed by atoms with van der Waals surface area (Å²) in [5, 5.41) is 1.61. The molecule has 5 heteroatoms. The molecule has 0 bridgehead atoms. The third-order valence-corrected chi connectivity index (χ3v) is 7.26. The van der Waals surface area contributed by atoms with Gasteiger partial charge in [-0.1, -0.05) is 50.7 Å². The first-order valence-electron chi connectivity index (χ1n) is 9.07. The lowest BCUT2D eigenvalue weighted by molar-refractivity contribution is 0.218. The van der Waals surface area contributed by atoms with Gasteiger partial charge >= 0.3 is 0 Å². The van der Waals surface area contributed by atoms with Crippen molar-refractivity contribution in [2.24, 2.45) is 11.3 Å². The molecule has 0 N–H and O–H groups in total.